The number of fused-ring (bicyclic) bond motifs is 9. The van der Waals surface area contributed by atoms with E-state index in [0.29, 0.717) is 11.8 Å². The maximum atomic E-state index is 2.49. The maximum absolute atomic E-state index is 2.49. The SMILES string of the molecule is Cc1ccc(-c2ccc3c(c2)c2c(n3-c3ccc(C4=CCC(C)C=C4)cc3)C(C)CC=C2)cc1.Cc1ccc2c(c1)C(=C1c3ccccc3-c3ccccc31)c1ccccc1-2.Cc1ccccc1. The fourth-order valence-electron chi connectivity index (χ4n) is 10.7. The van der Waals surface area contributed by atoms with E-state index in [1.54, 1.807) is 0 Å². The van der Waals surface area contributed by atoms with Crippen LogP contribution < -0.4 is 0 Å². The topological polar surface area (TPSA) is 4.93 Å². The molecule has 330 valence electrons. The van der Waals surface area contributed by atoms with Crippen LogP contribution in [0.4, 0.5) is 0 Å². The van der Waals surface area contributed by atoms with Gasteiger partial charge in [0.05, 0.1) is 5.52 Å². The van der Waals surface area contributed by atoms with Crippen LogP contribution in [-0.4, -0.2) is 4.57 Å². The first-order valence-electron chi connectivity index (χ1n) is 24.4. The molecule has 0 spiro atoms. The Kier molecular flexibility index (Phi) is 11.4. The minimum absolute atomic E-state index is 0.486. The van der Waals surface area contributed by atoms with Gasteiger partial charge in [-0.3, -0.25) is 0 Å². The third-order valence-corrected chi connectivity index (χ3v) is 14.2. The molecule has 0 radical (unpaired) electrons. The molecule has 0 saturated heterocycles. The summed E-state index contributed by atoms with van der Waals surface area (Å²) in [6, 6.07) is 68.5. The lowest BCUT2D eigenvalue weighted by Crippen LogP contribution is -2.07. The Morgan fingerprint density at radius 2 is 0.956 bits per heavy atom. The predicted octanol–water partition coefficient (Wildman–Crippen LogP) is 18.1. The van der Waals surface area contributed by atoms with E-state index in [1.165, 1.54) is 122 Å². The van der Waals surface area contributed by atoms with Crippen LogP contribution in [-0.2, 0) is 0 Å². The van der Waals surface area contributed by atoms with Gasteiger partial charge in [0, 0.05) is 28.2 Å². The van der Waals surface area contributed by atoms with Crippen molar-refractivity contribution in [3.63, 3.8) is 0 Å². The second-order valence-corrected chi connectivity index (χ2v) is 19.1. The normalized spacial score (nSPS) is 15.8. The van der Waals surface area contributed by atoms with E-state index in [9.17, 15) is 0 Å². The third kappa shape index (κ3) is 7.92. The van der Waals surface area contributed by atoms with E-state index in [4.69, 9.17) is 0 Å². The van der Waals surface area contributed by atoms with Crippen LogP contribution >= 0.6 is 0 Å². The summed E-state index contributed by atoms with van der Waals surface area (Å²) in [4.78, 5) is 0. The molecule has 1 nitrogen and oxygen atoms in total. The highest BCUT2D eigenvalue weighted by atomic mass is 15.0. The van der Waals surface area contributed by atoms with Gasteiger partial charge in [-0.2, -0.15) is 0 Å². The molecule has 4 aliphatic carbocycles. The second-order valence-electron chi connectivity index (χ2n) is 19.1. The van der Waals surface area contributed by atoms with E-state index < -0.39 is 0 Å². The quantitative estimate of drug-likeness (QED) is 0.167. The van der Waals surface area contributed by atoms with Crippen LogP contribution in [0.25, 0.3) is 72.8 Å². The number of rotatable bonds is 3. The smallest absolute Gasteiger partial charge is 0.0538 e. The van der Waals surface area contributed by atoms with Crippen molar-refractivity contribution in [1.29, 1.82) is 0 Å². The van der Waals surface area contributed by atoms with Crippen molar-refractivity contribution < 1.29 is 0 Å². The van der Waals surface area contributed by atoms with Gasteiger partial charge in [0.15, 0.2) is 0 Å². The van der Waals surface area contributed by atoms with E-state index in [-0.39, 0.29) is 0 Å². The summed E-state index contributed by atoms with van der Waals surface area (Å²) in [6.45, 7) is 11.0. The van der Waals surface area contributed by atoms with E-state index in [1.807, 2.05) is 18.2 Å². The zero-order valence-corrected chi connectivity index (χ0v) is 39.8. The van der Waals surface area contributed by atoms with Gasteiger partial charge in [-0.1, -0.05) is 225 Å². The van der Waals surface area contributed by atoms with Crippen LogP contribution in [0.3, 0.4) is 0 Å². The second kappa shape index (κ2) is 18.2. The molecule has 0 amide bonds. The Labute approximate surface area is 402 Å². The zero-order chi connectivity index (χ0) is 46.3. The first-order valence-corrected chi connectivity index (χ1v) is 24.4. The molecule has 68 heavy (non-hydrogen) atoms. The lowest BCUT2D eigenvalue weighted by molar-refractivity contribution is 0.723. The van der Waals surface area contributed by atoms with Gasteiger partial charge < -0.3 is 4.57 Å². The summed E-state index contributed by atoms with van der Waals surface area (Å²) in [7, 11) is 0. The lowest BCUT2D eigenvalue weighted by Gasteiger charge is -2.20. The molecule has 8 aromatic carbocycles. The van der Waals surface area contributed by atoms with Gasteiger partial charge in [-0.05, 0) is 142 Å². The molecule has 1 heteroatoms. The highest BCUT2D eigenvalue weighted by Crippen LogP contribution is 2.54. The molecule has 2 atom stereocenters. The molecule has 4 aliphatic rings. The van der Waals surface area contributed by atoms with Gasteiger partial charge in [-0.25, -0.2) is 0 Å². The highest BCUT2D eigenvalue weighted by Gasteiger charge is 2.32. The number of aromatic nitrogens is 1. The van der Waals surface area contributed by atoms with E-state index in [2.05, 4.69) is 239 Å². The molecule has 1 heterocycles. The van der Waals surface area contributed by atoms with Crippen LogP contribution in [0.5, 0.6) is 0 Å². The summed E-state index contributed by atoms with van der Waals surface area (Å²) in [5.41, 5.74) is 28.0. The van der Waals surface area contributed by atoms with Crippen LogP contribution in [0.15, 0.2) is 212 Å². The summed E-state index contributed by atoms with van der Waals surface area (Å²) >= 11 is 0. The fourth-order valence-corrected chi connectivity index (χ4v) is 10.7. The van der Waals surface area contributed by atoms with Crippen molar-refractivity contribution in [2.24, 2.45) is 5.92 Å². The lowest BCUT2D eigenvalue weighted by atomic mass is 9.91. The summed E-state index contributed by atoms with van der Waals surface area (Å²) in [5, 5.41) is 1.34. The minimum atomic E-state index is 0.486. The van der Waals surface area contributed by atoms with Crippen molar-refractivity contribution in [3.05, 3.63) is 268 Å². The van der Waals surface area contributed by atoms with Gasteiger partial charge in [0.2, 0.25) is 0 Å². The number of hydrogen-bond acceptors (Lipinski definition) is 0. The van der Waals surface area contributed by atoms with Crippen LogP contribution in [0.2, 0.25) is 0 Å². The Morgan fingerprint density at radius 3 is 1.54 bits per heavy atom. The maximum Gasteiger partial charge on any atom is 0.0538 e. The Morgan fingerprint density at radius 1 is 0.426 bits per heavy atom. The minimum Gasteiger partial charge on any atom is -0.313 e. The molecule has 9 aromatic rings. The molecular formula is C67H57N. The summed E-state index contributed by atoms with van der Waals surface area (Å²) in [6.07, 6.45) is 13.8. The molecule has 0 N–H and O–H groups in total. The van der Waals surface area contributed by atoms with Crippen molar-refractivity contribution in [1.82, 2.24) is 4.57 Å². The van der Waals surface area contributed by atoms with Crippen molar-refractivity contribution in [2.45, 2.75) is 53.4 Å². The van der Waals surface area contributed by atoms with Crippen molar-refractivity contribution in [3.8, 4) is 39.1 Å². The van der Waals surface area contributed by atoms with E-state index >= 15 is 0 Å². The fraction of sp³-hybridized carbons (Fsp3) is 0.134. The molecule has 0 saturated carbocycles. The number of nitrogens with zero attached hydrogens (tertiary/aromatic N) is 1. The molecule has 0 aliphatic heterocycles. The molecule has 13 rings (SSSR count). The average Bonchev–Trinajstić information content (AvgIpc) is 4.00. The molecule has 0 bridgehead atoms. The largest absolute Gasteiger partial charge is 0.313 e. The number of hydrogen-bond donors (Lipinski definition) is 0. The van der Waals surface area contributed by atoms with E-state index in [0.717, 1.165) is 12.8 Å². The number of allylic oxidation sites excluding steroid dienone is 5. The summed E-state index contributed by atoms with van der Waals surface area (Å²) < 4.78 is 2.49. The Hall–Kier alpha value is -7.74. The number of benzene rings is 8. The van der Waals surface area contributed by atoms with Crippen molar-refractivity contribution >= 4 is 33.7 Å². The molecular weight excluding hydrogens is 819 g/mol. The van der Waals surface area contributed by atoms with Gasteiger partial charge in [0.25, 0.3) is 0 Å². The number of aryl methyl sites for hydroxylation is 3. The highest BCUT2D eigenvalue weighted by molar-refractivity contribution is 6.18. The molecule has 1 aromatic heterocycles. The predicted molar refractivity (Wildman–Crippen MR) is 291 cm³/mol. The first kappa shape index (κ1) is 42.9. The standard InChI is InChI=1S/C33H31N.C27H18.C7H8/c1-22-7-11-25(12-8-22)26-15-18-29(19-16-26)34-32-20-17-28(27-13-9-23(2)10-14-27)21-31(32)30-6-4-5-24(3)33(30)34;1-17-14-15-21-20-10-4-7-13-24(20)27(25(21)16-17)26-22-11-5-2-8-18(22)19-9-3-6-12-23(19)26;1-7-5-3-2-4-6-7/h4,6-7,9-22,24H,5,8H2,1-3H3;2-16H,1H3;2-6H,1H3. The molecule has 2 unspecified atom stereocenters. The summed E-state index contributed by atoms with van der Waals surface area (Å²) in [5.74, 6) is 1.13. The van der Waals surface area contributed by atoms with Crippen LogP contribution in [0, 0.1) is 26.7 Å². The van der Waals surface area contributed by atoms with Gasteiger partial charge in [-0.15, -0.1) is 0 Å². The van der Waals surface area contributed by atoms with Gasteiger partial charge in [0.1, 0.15) is 0 Å². The third-order valence-electron chi connectivity index (χ3n) is 14.2. The first-order chi connectivity index (χ1) is 33.3. The molecule has 0 fully saturated rings. The zero-order valence-electron chi connectivity index (χ0n) is 39.8. The Bertz CT molecular complexity index is 3430. The van der Waals surface area contributed by atoms with Crippen molar-refractivity contribution in [2.75, 3.05) is 0 Å². The average molecular weight is 876 g/mol. The van der Waals surface area contributed by atoms with Gasteiger partial charge >= 0.3 is 0 Å². The Balaban J connectivity index is 0.000000133. The van der Waals surface area contributed by atoms with Crippen LogP contribution in [0.1, 0.15) is 88.4 Å². The monoisotopic (exact) mass is 875 g/mol.